The molecule has 0 bridgehead atoms. The van der Waals surface area contributed by atoms with Crippen molar-refractivity contribution < 1.29 is 9.47 Å². The first kappa shape index (κ1) is 21.5. The molecule has 0 saturated heterocycles. The summed E-state index contributed by atoms with van der Waals surface area (Å²) in [5, 5.41) is 6.76. The van der Waals surface area contributed by atoms with E-state index in [1.165, 1.54) is 0 Å². The van der Waals surface area contributed by atoms with Crippen LogP contribution >= 0.6 is 0 Å². The molecule has 1 aromatic heterocycles. The van der Waals surface area contributed by atoms with Crippen LogP contribution < -0.4 is 20.1 Å². The van der Waals surface area contributed by atoms with Crippen molar-refractivity contribution >= 4 is 5.96 Å². The zero-order valence-electron chi connectivity index (χ0n) is 17.6. The molecule has 2 aromatic rings. The fraction of sp³-hybridized carbons (Fsp3) is 0.455. The van der Waals surface area contributed by atoms with Crippen molar-refractivity contribution in [1.82, 2.24) is 15.6 Å². The van der Waals surface area contributed by atoms with Crippen LogP contribution in [0.4, 0.5) is 0 Å². The number of hydrogen-bond acceptors (Lipinski definition) is 4. The van der Waals surface area contributed by atoms with Gasteiger partial charge in [0.25, 0.3) is 0 Å². The Hall–Kier alpha value is -2.76. The standard InChI is InChI=1S/C22H32N4O2/c1-6-23-22(25-15-19-16(4)10-9-13-24-19)26-17(5)18-11-12-20(27-7-2)21(14-18)28-8-3/h9-14,17H,6-8,15H2,1-5H3,(H2,23,25,26). The van der Waals surface area contributed by atoms with E-state index in [0.717, 1.165) is 40.8 Å². The predicted molar refractivity (Wildman–Crippen MR) is 114 cm³/mol. The monoisotopic (exact) mass is 384 g/mol. The van der Waals surface area contributed by atoms with Gasteiger partial charge in [-0.15, -0.1) is 0 Å². The van der Waals surface area contributed by atoms with Crippen LogP contribution in [0.3, 0.4) is 0 Å². The van der Waals surface area contributed by atoms with E-state index in [1.54, 1.807) is 6.20 Å². The van der Waals surface area contributed by atoms with Crippen LogP contribution in [-0.4, -0.2) is 30.7 Å². The molecule has 0 saturated carbocycles. The van der Waals surface area contributed by atoms with Crippen LogP contribution in [0, 0.1) is 6.92 Å². The second kappa shape index (κ2) is 11.2. The molecule has 6 heteroatoms. The smallest absolute Gasteiger partial charge is 0.192 e. The van der Waals surface area contributed by atoms with Crippen molar-refractivity contribution in [2.75, 3.05) is 19.8 Å². The van der Waals surface area contributed by atoms with Gasteiger partial charge in [0.15, 0.2) is 17.5 Å². The molecule has 0 aliphatic heterocycles. The summed E-state index contributed by atoms with van der Waals surface area (Å²) in [5.74, 6) is 2.29. The molecule has 2 N–H and O–H groups in total. The quantitative estimate of drug-likeness (QED) is 0.505. The number of ether oxygens (including phenoxy) is 2. The number of pyridine rings is 1. The summed E-state index contributed by atoms with van der Waals surface area (Å²) in [6.07, 6.45) is 1.80. The highest BCUT2D eigenvalue weighted by Gasteiger charge is 2.12. The Bertz CT molecular complexity index is 777. The van der Waals surface area contributed by atoms with Gasteiger partial charge in [-0.1, -0.05) is 12.1 Å². The molecule has 0 amide bonds. The minimum absolute atomic E-state index is 0.0533. The third-order valence-electron chi connectivity index (χ3n) is 4.27. The number of aromatic nitrogens is 1. The van der Waals surface area contributed by atoms with Crippen LogP contribution in [-0.2, 0) is 6.54 Å². The first-order chi connectivity index (χ1) is 13.6. The molecule has 1 unspecified atom stereocenters. The average Bonchev–Trinajstić information content (AvgIpc) is 2.69. The van der Waals surface area contributed by atoms with Crippen LogP contribution in [0.15, 0.2) is 41.5 Å². The molecule has 0 aliphatic carbocycles. The van der Waals surface area contributed by atoms with Gasteiger partial charge in [-0.3, -0.25) is 4.98 Å². The number of aryl methyl sites for hydroxylation is 1. The van der Waals surface area contributed by atoms with Gasteiger partial charge < -0.3 is 20.1 Å². The topological polar surface area (TPSA) is 67.8 Å². The molecule has 152 valence electrons. The molecule has 2 rings (SSSR count). The summed E-state index contributed by atoms with van der Waals surface area (Å²) in [6, 6.07) is 10.1. The van der Waals surface area contributed by atoms with E-state index >= 15 is 0 Å². The highest BCUT2D eigenvalue weighted by atomic mass is 16.5. The second-order valence-corrected chi connectivity index (χ2v) is 6.40. The third kappa shape index (κ3) is 6.15. The van der Waals surface area contributed by atoms with Gasteiger partial charge >= 0.3 is 0 Å². The largest absolute Gasteiger partial charge is 0.490 e. The molecule has 6 nitrogen and oxygen atoms in total. The van der Waals surface area contributed by atoms with Gasteiger partial charge in [0.2, 0.25) is 0 Å². The normalized spacial score (nSPS) is 12.4. The van der Waals surface area contributed by atoms with Gasteiger partial charge in [0.05, 0.1) is 31.5 Å². The van der Waals surface area contributed by atoms with E-state index in [4.69, 9.17) is 14.5 Å². The Morgan fingerprint density at radius 2 is 1.86 bits per heavy atom. The van der Waals surface area contributed by atoms with Crippen LogP contribution in [0.2, 0.25) is 0 Å². The second-order valence-electron chi connectivity index (χ2n) is 6.40. The minimum atomic E-state index is 0.0533. The SMILES string of the molecule is CCNC(=NCc1ncccc1C)NC(C)c1ccc(OCC)c(OCC)c1. The number of benzene rings is 1. The summed E-state index contributed by atoms with van der Waals surface area (Å²) in [4.78, 5) is 9.11. The molecule has 1 aromatic carbocycles. The third-order valence-corrected chi connectivity index (χ3v) is 4.27. The molecule has 1 heterocycles. The Labute approximate surface area is 168 Å². The van der Waals surface area contributed by atoms with Crippen molar-refractivity contribution in [2.24, 2.45) is 4.99 Å². The van der Waals surface area contributed by atoms with E-state index in [-0.39, 0.29) is 6.04 Å². The fourth-order valence-corrected chi connectivity index (χ4v) is 2.78. The van der Waals surface area contributed by atoms with E-state index in [2.05, 4.69) is 48.5 Å². The summed E-state index contributed by atoms with van der Waals surface area (Å²) in [7, 11) is 0. The molecule has 0 aliphatic rings. The Kier molecular flexibility index (Phi) is 8.59. The lowest BCUT2D eigenvalue weighted by Gasteiger charge is -2.20. The van der Waals surface area contributed by atoms with E-state index < -0.39 is 0 Å². The Morgan fingerprint density at radius 3 is 2.54 bits per heavy atom. The maximum absolute atomic E-state index is 5.74. The number of nitrogens with zero attached hydrogens (tertiary/aromatic N) is 2. The van der Waals surface area contributed by atoms with Crippen molar-refractivity contribution in [3.8, 4) is 11.5 Å². The van der Waals surface area contributed by atoms with Crippen molar-refractivity contribution in [1.29, 1.82) is 0 Å². The number of rotatable bonds is 9. The maximum Gasteiger partial charge on any atom is 0.192 e. The molecule has 0 radical (unpaired) electrons. The van der Waals surface area contributed by atoms with Crippen molar-refractivity contribution in [3.63, 3.8) is 0 Å². The number of aliphatic imine (C=N–C) groups is 1. The van der Waals surface area contributed by atoms with E-state index in [0.29, 0.717) is 19.8 Å². The van der Waals surface area contributed by atoms with E-state index in [1.807, 2.05) is 32.0 Å². The summed E-state index contributed by atoms with van der Waals surface area (Å²) in [6.45, 7) is 12.7. The minimum Gasteiger partial charge on any atom is -0.490 e. The lowest BCUT2D eigenvalue weighted by atomic mass is 10.1. The summed E-state index contributed by atoms with van der Waals surface area (Å²) >= 11 is 0. The van der Waals surface area contributed by atoms with E-state index in [9.17, 15) is 0 Å². The lowest BCUT2D eigenvalue weighted by molar-refractivity contribution is 0.287. The molecule has 1 atom stereocenters. The molecular formula is C22H32N4O2. The van der Waals surface area contributed by atoms with Gasteiger partial charge in [-0.05, 0) is 63.9 Å². The first-order valence-corrected chi connectivity index (χ1v) is 9.93. The number of nitrogens with one attached hydrogen (secondary N) is 2. The number of hydrogen-bond donors (Lipinski definition) is 2. The molecule has 28 heavy (non-hydrogen) atoms. The first-order valence-electron chi connectivity index (χ1n) is 9.93. The van der Waals surface area contributed by atoms with Gasteiger partial charge in [0.1, 0.15) is 0 Å². The Balaban J connectivity index is 2.14. The lowest BCUT2D eigenvalue weighted by Crippen LogP contribution is -2.38. The van der Waals surface area contributed by atoms with Crippen LogP contribution in [0.25, 0.3) is 0 Å². The predicted octanol–water partition coefficient (Wildman–Crippen LogP) is 4.00. The molecule has 0 fully saturated rings. The summed E-state index contributed by atoms with van der Waals surface area (Å²) in [5.41, 5.74) is 3.22. The maximum atomic E-state index is 5.74. The van der Waals surface area contributed by atoms with Gasteiger partial charge in [-0.2, -0.15) is 0 Å². The zero-order chi connectivity index (χ0) is 20.4. The average molecular weight is 385 g/mol. The zero-order valence-corrected chi connectivity index (χ0v) is 17.6. The molecule has 0 spiro atoms. The Morgan fingerprint density at radius 1 is 1.11 bits per heavy atom. The molecular weight excluding hydrogens is 352 g/mol. The van der Waals surface area contributed by atoms with Gasteiger partial charge in [-0.25, -0.2) is 4.99 Å². The highest BCUT2D eigenvalue weighted by molar-refractivity contribution is 5.80. The van der Waals surface area contributed by atoms with Crippen molar-refractivity contribution in [3.05, 3.63) is 53.3 Å². The van der Waals surface area contributed by atoms with Gasteiger partial charge in [0, 0.05) is 12.7 Å². The summed E-state index contributed by atoms with van der Waals surface area (Å²) < 4.78 is 11.4. The van der Waals surface area contributed by atoms with Crippen molar-refractivity contribution in [2.45, 2.75) is 47.2 Å². The number of guanidine groups is 1. The van der Waals surface area contributed by atoms with Crippen LogP contribution in [0.1, 0.15) is 50.6 Å². The van der Waals surface area contributed by atoms with Crippen LogP contribution in [0.5, 0.6) is 11.5 Å². The fourth-order valence-electron chi connectivity index (χ4n) is 2.78. The highest BCUT2D eigenvalue weighted by Crippen LogP contribution is 2.30.